The van der Waals surface area contributed by atoms with Crippen molar-refractivity contribution in [3.8, 4) is 0 Å². The van der Waals surface area contributed by atoms with Crippen molar-refractivity contribution in [2.24, 2.45) is 0 Å². The molecule has 0 saturated carbocycles. The summed E-state index contributed by atoms with van der Waals surface area (Å²) >= 11 is 3.29. The molecular weight excluding hydrogens is 230 g/mol. The van der Waals surface area contributed by atoms with Crippen LogP contribution in [0.4, 0.5) is 0 Å². The van der Waals surface area contributed by atoms with E-state index in [0.29, 0.717) is 10.2 Å². The number of allylic oxidation sites excluding steroid dienone is 1. The number of nitrogens with one attached hydrogen (secondary N) is 2. The zero-order valence-electron chi connectivity index (χ0n) is 7.21. The molecule has 1 rings (SSSR count). The molecule has 0 bridgehead atoms. The summed E-state index contributed by atoms with van der Waals surface area (Å²) in [4.78, 5) is 3.94. The summed E-state index contributed by atoms with van der Waals surface area (Å²) in [5.74, 6) is 0. The molecule has 1 aromatic heterocycles. The smallest absolute Gasteiger partial charge is 0.0784 e. The molecule has 3 nitrogen and oxygen atoms in total. The summed E-state index contributed by atoms with van der Waals surface area (Å²) < 4.78 is 0.711. The van der Waals surface area contributed by atoms with Gasteiger partial charge in [-0.15, -0.1) is 0 Å². The largest absolute Gasteiger partial charge is 0.393 e. The van der Waals surface area contributed by atoms with Crippen LogP contribution in [0.2, 0.25) is 0 Å². The van der Waals surface area contributed by atoms with Crippen LogP contribution < -0.4 is 5.32 Å². The fraction of sp³-hybridized carbons (Fsp3) is 0.111. The number of halogens is 1. The Morgan fingerprint density at radius 2 is 2.46 bits per heavy atom. The van der Waals surface area contributed by atoms with Crippen LogP contribution >= 0.6 is 15.9 Å². The lowest BCUT2D eigenvalue weighted by Crippen LogP contribution is -2.03. The summed E-state index contributed by atoms with van der Waals surface area (Å²) in [6, 6.07) is 3.66. The van der Waals surface area contributed by atoms with Gasteiger partial charge in [0.25, 0.3) is 0 Å². The first-order valence-electron chi connectivity index (χ1n) is 3.78. The average molecular weight is 240 g/mol. The van der Waals surface area contributed by atoms with Crippen molar-refractivity contribution < 1.29 is 0 Å². The molecule has 0 aromatic carbocycles. The van der Waals surface area contributed by atoms with E-state index < -0.39 is 0 Å². The molecule has 1 heterocycles. The molecule has 0 aliphatic carbocycles. The molecule has 0 unspecified atom stereocenters. The zero-order valence-corrected chi connectivity index (χ0v) is 8.80. The number of nitrogens with zero attached hydrogens (tertiary/aromatic N) is 1. The molecule has 0 aliphatic heterocycles. The van der Waals surface area contributed by atoms with Crippen molar-refractivity contribution >= 4 is 21.6 Å². The molecule has 1 aromatic rings. The summed E-state index contributed by atoms with van der Waals surface area (Å²) in [6.45, 7) is 0. The molecule has 68 valence electrons. The van der Waals surface area contributed by atoms with Crippen molar-refractivity contribution in [2.45, 2.75) is 0 Å². The topological polar surface area (TPSA) is 48.8 Å². The fourth-order valence-corrected chi connectivity index (χ4v) is 1.31. The van der Waals surface area contributed by atoms with Gasteiger partial charge in [0.1, 0.15) is 0 Å². The van der Waals surface area contributed by atoms with E-state index in [1.54, 1.807) is 25.6 Å². The van der Waals surface area contributed by atoms with Crippen molar-refractivity contribution in [1.82, 2.24) is 10.3 Å². The highest BCUT2D eigenvalue weighted by atomic mass is 79.9. The number of hydrogen-bond donors (Lipinski definition) is 2. The second-order valence-corrected chi connectivity index (χ2v) is 3.25. The quantitative estimate of drug-likeness (QED) is 0.793. The molecule has 0 atom stereocenters. The van der Waals surface area contributed by atoms with Crippen molar-refractivity contribution in [3.05, 3.63) is 40.8 Å². The summed E-state index contributed by atoms with van der Waals surface area (Å²) in [5.41, 5.74) is 1.21. The van der Waals surface area contributed by atoms with E-state index in [2.05, 4.69) is 26.2 Å². The van der Waals surface area contributed by atoms with E-state index in [1.165, 1.54) is 0 Å². The van der Waals surface area contributed by atoms with Crippen molar-refractivity contribution in [2.75, 3.05) is 7.05 Å². The van der Waals surface area contributed by atoms with Gasteiger partial charge in [-0.1, -0.05) is 0 Å². The van der Waals surface area contributed by atoms with Gasteiger partial charge in [0.15, 0.2) is 0 Å². The van der Waals surface area contributed by atoms with E-state index in [9.17, 15) is 0 Å². The second kappa shape index (κ2) is 4.77. The van der Waals surface area contributed by atoms with Crippen LogP contribution in [0.15, 0.2) is 35.2 Å². The van der Waals surface area contributed by atoms with Crippen LogP contribution in [0, 0.1) is 5.41 Å². The van der Waals surface area contributed by atoms with Gasteiger partial charge in [-0.25, -0.2) is 0 Å². The standard InChI is InChI=1S/C9H10BrN3/c1-12-6-8(10)9(11)7-3-2-4-13-5-7/h2-6,11-12H,1H3/b8-6+,11-9?. The minimum Gasteiger partial charge on any atom is -0.393 e. The van der Waals surface area contributed by atoms with E-state index in [-0.39, 0.29) is 0 Å². The lowest BCUT2D eigenvalue weighted by atomic mass is 10.2. The van der Waals surface area contributed by atoms with E-state index >= 15 is 0 Å². The van der Waals surface area contributed by atoms with Gasteiger partial charge in [0, 0.05) is 31.2 Å². The molecule has 2 N–H and O–H groups in total. The Labute approximate surface area is 85.5 Å². The first kappa shape index (κ1) is 9.92. The highest BCUT2D eigenvalue weighted by Gasteiger charge is 2.03. The summed E-state index contributed by atoms with van der Waals surface area (Å²) in [5, 5.41) is 10.6. The monoisotopic (exact) mass is 239 g/mol. The molecule has 0 saturated heterocycles. The van der Waals surface area contributed by atoms with E-state index in [0.717, 1.165) is 5.56 Å². The van der Waals surface area contributed by atoms with Crippen LogP contribution in [0.1, 0.15) is 5.56 Å². The van der Waals surface area contributed by atoms with Gasteiger partial charge in [-0.2, -0.15) is 0 Å². The first-order valence-corrected chi connectivity index (χ1v) is 4.57. The lowest BCUT2D eigenvalue weighted by Gasteiger charge is -2.01. The van der Waals surface area contributed by atoms with Gasteiger partial charge in [-0.3, -0.25) is 10.4 Å². The molecule has 0 amide bonds. The Bertz CT molecular complexity index is 319. The Morgan fingerprint density at radius 3 is 3.00 bits per heavy atom. The molecule has 4 heteroatoms. The van der Waals surface area contributed by atoms with Crippen LogP contribution in [-0.4, -0.2) is 17.7 Å². The highest BCUT2D eigenvalue weighted by molar-refractivity contribution is 9.12. The third kappa shape index (κ3) is 2.66. The van der Waals surface area contributed by atoms with Gasteiger partial charge in [-0.05, 0) is 28.1 Å². The number of pyridine rings is 1. The third-order valence-corrected chi connectivity index (χ3v) is 2.09. The van der Waals surface area contributed by atoms with E-state index in [1.807, 2.05) is 12.1 Å². The minimum absolute atomic E-state index is 0.419. The number of hydrogen-bond acceptors (Lipinski definition) is 3. The number of rotatable bonds is 3. The molecule has 0 spiro atoms. The zero-order chi connectivity index (χ0) is 9.68. The molecule has 0 fully saturated rings. The highest BCUT2D eigenvalue weighted by Crippen LogP contribution is 2.11. The fourth-order valence-electron chi connectivity index (χ4n) is 0.847. The Kier molecular flexibility index (Phi) is 3.64. The Balaban J connectivity index is 2.86. The summed E-state index contributed by atoms with van der Waals surface area (Å²) in [7, 11) is 1.79. The molecule has 0 aliphatic rings. The van der Waals surface area contributed by atoms with Crippen LogP contribution in [0.25, 0.3) is 0 Å². The first-order chi connectivity index (χ1) is 6.25. The maximum atomic E-state index is 7.74. The normalized spacial score (nSPS) is 11.1. The molecule has 0 radical (unpaired) electrons. The third-order valence-electron chi connectivity index (χ3n) is 1.46. The van der Waals surface area contributed by atoms with Crippen molar-refractivity contribution in [3.63, 3.8) is 0 Å². The predicted octanol–water partition coefficient (Wildman–Crippen LogP) is 1.91. The minimum atomic E-state index is 0.419. The van der Waals surface area contributed by atoms with Crippen LogP contribution in [0.3, 0.4) is 0 Å². The lowest BCUT2D eigenvalue weighted by molar-refractivity contribution is 1.10. The van der Waals surface area contributed by atoms with Crippen molar-refractivity contribution in [1.29, 1.82) is 5.41 Å². The molecule has 13 heavy (non-hydrogen) atoms. The van der Waals surface area contributed by atoms with Gasteiger partial charge < -0.3 is 5.32 Å². The van der Waals surface area contributed by atoms with Gasteiger partial charge >= 0.3 is 0 Å². The maximum absolute atomic E-state index is 7.74. The summed E-state index contributed by atoms with van der Waals surface area (Å²) in [6.07, 6.45) is 5.06. The van der Waals surface area contributed by atoms with E-state index in [4.69, 9.17) is 5.41 Å². The maximum Gasteiger partial charge on any atom is 0.0784 e. The number of aromatic nitrogens is 1. The van der Waals surface area contributed by atoms with Crippen LogP contribution in [0.5, 0.6) is 0 Å². The Hall–Kier alpha value is -1.16. The van der Waals surface area contributed by atoms with Crippen LogP contribution in [-0.2, 0) is 0 Å². The second-order valence-electron chi connectivity index (χ2n) is 2.40. The predicted molar refractivity (Wildman–Crippen MR) is 57.1 cm³/mol. The Morgan fingerprint density at radius 1 is 1.69 bits per heavy atom. The van der Waals surface area contributed by atoms with Gasteiger partial charge in [0.05, 0.1) is 10.2 Å². The molecular formula is C9H10BrN3. The SMILES string of the molecule is CN/C=C(/Br)C(=N)c1cccnc1. The average Bonchev–Trinajstić information content (AvgIpc) is 2.18. The van der Waals surface area contributed by atoms with Gasteiger partial charge in [0.2, 0.25) is 0 Å².